The zero-order valence-corrected chi connectivity index (χ0v) is 10.7. The van der Waals surface area contributed by atoms with Gasteiger partial charge in [0.15, 0.2) is 5.82 Å². The number of rotatable bonds is 4. The summed E-state index contributed by atoms with van der Waals surface area (Å²) < 4.78 is 0. The number of H-pyrrole nitrogens is 1. The van der Waals surface area contributed by atoms with Crippen LogP contribution >= 0.6 is 0 Å². The lowest BCUT2D eigenvalue weighted by atomic mass is 10.1. The molecule has 4 nitrogen and oxygen atoms in total. The summed E-state index contributed by atoms with van der Waals surface area (Å²) in [4.78, 5) is 18.3. The molecular formula is C14H17N3O. The largest absolute Gasteiger partial charge is 0.365 e. The van der Waals surface area contributed by atoms with Crippen molar-refractivity contribution < 1.29 is 0 Å². The van der Waals surface area contributed by atoms with E-state index in [1.54, 1.807) is 6.20 Å². The van der Waals surface area contributed by atoms with Crippen molar-refractivity contribution in [3.8, 4) is 0 Å². The minimum absolute atomic E-state index is 0.168. The third kappa shape index (κ3) is 3.20. The molecule has 0 aliphatic carbocycles. The number of aromatic nitrogens is 2. The number of hydrogen-bond donors (Lipinski definition) is 2. The predicted octanol–water partition coefficient (Wildman–Crippen LogP) is 2.04. The van der Waals surface area contributed by atoms with Crippen LogP contribution in [0, 0.1) is 13.8 Å². The molecule has 0 saturated heterocycles. The Hall–Kier alpha value is -2.10. The van der Waals surface area contributed by atoms with Gasteiger partial charge in [0, 0.05) is 18.4 Å². The molecule has 0 aliphatic heterocycles. The van der Waals surface area contributed by atoms with Gasteiger partial charge in [-0.2, -0.15) is 0 Å². The number of hydrogen-bond acceptors (Lipinski definition) is 3. The zero-order chi connectivity index (χ0) is 13.0. The summed E-state index contributed by atoms with van der Waals surface area (Å²) in [5.41, 5.74) is 3.10. The van der Waals surface area contributed by atoms with Crippen LogP contribution in [0.2, 0.25) is 0 Å². The fourth-order valence-electron chi connectivity index (χ4n) is 1.70. The molecule has 0 atom stereocenters. The summed E-state index contributed by atoms with van der Waals surface area (Å²) in [6.45, 7) is 4.57. The minimum Gasteiger partial charge on any atom is -0.365 e. The van der Waals surface area contributed by atoms with E-state index in [0.29, 0.717) is 12.4 Å². The van der Waals surface area contributed by atoms with Crippen LogP contribution in [0.15, 0.2) is 35.3 Å². The molecule has 0 unspecified atom stereocenters. The second kappa shape index (κ2) is 5.49. The van der Waals surface area contributed by atoms with Gasteiger partial charge in [0.05, 0.1) is 0 Å². The highest BCUT2D eigenvalue weighted by molar-refractivity contribution is 5.31. The summed E-state index contributed by atoms with van der Waals surface area (Å²) in [5.74, 6) is 0.382. The fraction of sp³-hybridized carbons (Fsp3) is 0.286. The van der Waals surface area contributed by atoms with Gasteiger partial charge in [0.2, 0.25) is 0 Å². The van der Waals surface area contributed by atoms with Crippen molar-refractivity contribution in [3.05, 3.63) is 57.6 Å². The second-order valence-electron chi connectivity index (χ2n) is 4.41. The van der Waals surface area contributed by atoms with Crippen LogP contribution in [-0.4, -0.2) is 16.5 Å². The van der Waals surface area contributed by atoms with Crippen molar-refractivity contribution in [2.75, 3.05) is 11.9 Å². The molecule has 2 rings (SSSR count). The Labute approximate surface area is 106 Å². The van der Waals surface area contributed by atoms with E-state index in [4.69, 9.17) is 0 Å². The van der Waals surface area contributed by atoms with E-state index in [1.165, 1.54) is 11.1 Å². The van der Waals surface area contributed by atoms with Crippen molar-refractivity contribution >= 4 is 5.82 Å². The summed E-state index contributed by atoms with van der Waals surface area (Å²) in [5, 5.41) is 3.05. The third-order valence-electron chi connectivity index (χ3n) is 2.74. The van der Waals surface area contributed by atoms with Crippen LogP contribution in [0.25, 0.3) is 0 Å². The summed E-state index contributed by atoms with van der Waals surface area (Å²) in [6.07, 6.45) is 2.52. The molecule has 0 amide bonds. The highest BCUT2D eigenvalue weighted by atomic mass is 16.1. The SMILES string of the molecule is Cc1ccc(CCNc2ncc(C)[nH]c2=O)cc1. The molecule has 2 aromatic rings. The Bertz CT molecular complexity index is 572. The molecule has 0 spiro atoms. The van der Waals surface area contributed by atoms with Crippen molar-refractivity contribution in [1.29, 1.82) is 0 Å². The minimum atomic E-state index is -0.168. The average molecular weight is 243 g/mol. The van der Waals surface area contributed by atoms with E-state index in [9.17, 15) is 4.79 Å². The van der Waals surface area contributed by atoms with E-state index in [1.807, 2.05) is 6.92 Å². The van der Waals surface area contributed by atoms with Crippen LogP contribution < -0.4 is 10.9 Å². The molecule has 0 radical (unpaired) electrons. The number of anilines is 1. The zero-order valence-electron chi connectivity index (χ0n) is 10.7. The van der Waals surface area contributed by atoms with Gasteiger partial charge in [-0.15, -0.1) is 0 Å². The van der Waals surface area contributed by atoms with Crippen molar-refractivity contribution in [2.24, 2.45) is 0 Å². The molecular weight excluding hydrogens is 226 g/mol. The van der Waals surface area contributed by atoms with E-state index in [0.717, 1.165) is 12.1 Å². The summed E-state index contributed by atoms with van der Waals surface area (Å²) in [6, 6.07) is 8.38. The first-order chi connectivity index (χ1) is 8.65. The molecule has 18 heavy (non-hydrogen) atoms. The van der Waals surface area contributed by atoms with Gasteiger partial charge in [-0.1, -0.05) is 29.8 Å². The molecule has 4 heteroatoms. The van der Waals surface area contributed by atoms with Crippen LogP contribution in [0.3, 0.4) is 0 Å². The predicted molar refractivity (Wildman–Crippen MR) is 73.0 cm³/mol. The number of nitrogens with one attached hydrogen (secondary N) is 2. The lowest BCUT2D eigenvalue weighted by molar-refractivity contribution is 0.978. The van der Waals surface area contributed by atoms with Gasteiger partial charge in [0.25, 0.3) is 5.56 Å². The first-order valence-electron chi connectivity index (χ1n) is 6.00. The highest BCUT2D eigenvalue weighted by Gasteiger charge is 2.00. The number of benzene rings is 1. The van der Waals surface area contributed by atoms with Crippen molar-refractivity contribution in [1.82, 2.24) is 9.97 Å². The third-order valence-corrected chi connectivity index (χ3v) is 2.74. The fourth-order valence-corrected chi connectivity index (χ4v) is 1.70. The van der Waals surface area contributed by atoms with Gasteiger partial charge >= 0.3 is 0 Å². The number of aryl methyl sites for hydroxylation is 2. The van der Waals surface area contributed by atoms with Gasteiger partial charge in [-0.3, -0.25) is 4.79 Å². The normalized spacial score (nSPS) is 10.3. The second-order valence-corrected chi connectivity index (χ2v) is 4.41. The first kappa shape index (κ1) is 12.4. The lowest BCUT2D eigenvalue weighted by Gasteiger charge is -2.05. The van der Waals surface area contributed by atoms with Crippen molar-refractivity contribution in [3.63, 3.8) is 0 Å². The lowest BCUT2D eigenvalue weighted by Crippen LogP contribution is -2.18. The van der Waals surface area contributed by atoms with Gasteiger partial charge < -0.3 is 10.3 Å². The Morgan fingerprint density at radius 1 is 1.22 bits per heavy atom. The summed E-state index contributed by atoms with van der Waals surface area (Å²) >= 11 is 0. The Balaban J connectivity index is 1.92. The highest BCUT2D eigenvalue weighted by Crippen LogP contribution is 2.04. The van der Waals surface area contributed by atoms with Gasteiger partial charge in [-0.25, -0.2) is 4.98 Å². The van der Waals surface area contributed by atoms with Crippen LogP contribution in [0.1, 0.15) is 16.8 Å². The maximum atomic E-state index is 11.5. The number of nitrogens with zero attached hydrogens (tertiary/aromatic N) is 1. The molecule has 94 valence electrons. The first-order valence-corrected chi connectivity index (χ1v) is 6.00. The average Bonchev–Trinajstić information content (AvgIpc) is 2.34. The van der Waals surface area contributed by atoms with Crippen LogP contribution in [-0.2, 0) is 6.42 Å². The molecule has 1 heterocycles. The van der Waals surface area contributed by atoms with Crippen molar-refractivity contribution in [2.45, 2.75) is 20.3 Å². The molecule has 2 N–H and O–H groups in total. The molecule has 0 aliphatic rings. The molecule has 1 aromatic carbocycles. The maximum absolute atomic E-state index is 11.5. The van der Waals surface area contributed by atoms with E-state index >= 15 is 0 Å². The van der Waals surface area contributed by atoms with Crippen LogP contribution in [0.5, 0.6) is 0 Å². The van der Waals surface area contributed by atoms with Gasteiger partial charge in [0.1, 0.15) is 0 Å². The van der Waals surface area contributed by atoms with Gasteiger partial charge in [-0.05, 0) is 25.8 Å². The Kier molecular flexibility index (Phi) is 3.77. The summed E-state index contributed by atoms with van der Waals surface area (Å²) in [7, 11) is 0. The Morgan fingerprint density at radius 2 is 1.94 bits per heavy atom. The van der Waals surface area contributed by atoms with E-state index in [2.05, 4.69) is 46.5 Å². The molecule has 1 aromatic heterocycles. The molecule has 0 fully saturated rings. The topological polar surface area (TPSA) is 57.8 Å². The standard InChI is InChI=1S/C14H17N3O/c1-10-3-5-12(6-4-10)7-8-15-13-14(18)17-11(2)9-16-13/h3-6,9H,7-8H2,1-2H3,(H,15,16)(H,17,18). The Morgan fingerprint density at radius 3 is 2.61 bits per heavy atom. The quantitative estimate of drug-likeness (QED) is 0.864. The van der Waals surface area contributed by atoms with E-state index < -0.39 is 0 Å². The molecule has 0 saturated carbocycles. The maximum Gasteiger partial charge on any atom is 0.290 e. The number of aromatic amines is 1. The monoisotopic (exact) mass is 243 g/mol. The van der Waals surface area contributed by atoms with Crippen LogP contribution in [0.4, 0.5) is 5.82 Å². The smallest absolute Gasteiger partial charge is 0.290 e. The van der Waals surface area contributed by atoms with E-state index in [-0.39, 0.29) is 5.56 Å². The molecule has 0 bridgehead atoms.